The van der Waals surface area contributed by atoms with Crippen LogP contribution >= 0.6 is 27.5 Å². The predicted molar refractivity (Wildman–Crippen MR) is 79.7 cm³/mol. The average molecular weight is 328 g/mol. The van der Waals surface area contributed by atoms with Crippen molar-refractivity contribution in [2.24, 2.45) is 0 Å². The highest BCUT2D eigenvalue weighted by Gasteiger charge is 2.20. The van der Waals surface area contributed by atoms with Gasteiger partial charge in [0.2, 0.25) is 0 Å². The molecule has 0 amide bonds. The van der Waals surface area contributed by atoms with Gasteiger partial charge < -0.3 is 0 Å². The third kappa shape index (κ3) is 2.62. The summed E-state index contributed by atoms with van der Waals surface area (Å²) in [4.78, 5) is 0. The van der Waals surface area contributed by atoms with Crippen molar-refractivity contribution < 1.29 is 0 Å². The molecule has 2 aromatic rings. The van der Waals surface area contributed by atoms with Crippen LogP contribution in [0.5, 0.6) is 0 Å². The molecule has 4 heteroatoms. The lowest BCUT2D eigenvalue weighted by molar-refractivity contribution is 0.560. The summed E-state index contributed by atoms with van der Waals surface area (Å²) in [5, 5.41) is 5.26. The maximum Gasteiger partial charge on any atom is 0.133 e. The minimum Gasteiger partial charge on any atom is -0.222 e. The maximum absolute atomic E-state index is 6.29. The number of nitrogens with zero attached hydrogens (tertiary/aromatic N) is 2. The highest BCUT2D eigenvalue weighted by molar-refractivity contribution is 9.10. The Morgan fingerprint density at radius 2 is 1.89 bits per heavy atom. The van der Waals surface area contributed by atoms with Gasteiger partial charge in [0.1, 0.15) is 5.15 Å². The second-order valence-electron chi connectivity index (χ2n) is 5.44. The minimum absolute atomic E-state index is 0.00183. The van der Waals surface area contributed by atoms with E-state index in [2.05, 4.69) is 54.8 Å². The summed E-state index contributed by atoms with van der Waals surface area (Å²) in [6, 6.07) is 8.01. The lowest BCUT2D eigenvalue weighted by atomic mass is 9.93. The SMILES string of the molecule is Cc1cc(Br)ccc1-n1nc(C(C)(C)C)cc1Cl. The van der Waals surface area contributed by atoms with Gasteiger partial charge in [-0.3, -0.25) is 0 Å². The van der Waals surface area contributed by atoms with E-state index in [9.17, 15) is 0 Å². The van der Waals surface area contributed by atoms with Gasteiger partial charge in [-0.25, -0.2) is 4.68 Å². The number of halogens is 2. The Morgan fingerprint density at radius 3 is 2.39 bits per heavy atom. The molecule has 0 spiro atoms. The second kappa shape index (κ2) is 4.71. The van der Waals surface area contributed by atoms with Gasteiger partial charge in [0.25, 0.3) is 0 Å². The molecule has 18 heavy (non-hydrogen) atoms. The molecule has 0 saturated carbocycles. The van der Waals surface area contributed by atoms with Crippen molar-refractivity contribution >= 4 is 27.5 Å². The molecule has 0 bridgehead atoms. The van der Waals surface area contributed by atoms with E-state index in [0.29, 0.717) is 5.15 Å². The van der Waals surface area contributed by atoms with Gasteiger partial charge in [0.15, 0.2) is 0 Å². The first-order valence-corrected chi connectivity index (χ1v) is 6.99. The Bertz CT molecular complexity index is 582. The largest absolute Gasteiger partial charge is 0.222 e. The minimum atomic E-state index is -0.00183. The van der Waals surface area contributed by atoms with Crippen LogP contribution in [0.25, 0.3) is 5.69 Å². The third-order valence-corrected chi connectivity index (χ3v) is 3.58. The first-order chi connectivity index (χ1) is 8.29. The van der Waals surface area contributed by atoms with Gasteiger partial charge >= 0.3 is 0 Å². The molecule has 96 valence electrons. The first-order valence-electron chi connectivity index (χ1n) is 5.81. The number of aryl methyl sites for hydroxylation is 1. The molecule has 0 N–H and O–H groups in total. The van der Waals surface area contributed by atoms with Gasteiger partial charge in [-0.1, -0.05) is 48.3 Å². The summed E-state index contributed by atoms with van der Waals surface area (Å²) in [7, 11) is 0. The van der Waals surface area contributed by atoms with E-state index in [0.717, 1.165) is 21.4 Å². The molecule has 0 aliphatic rings. The van der Waals surface area contributed by atoms with Crippen LogP contribution in [0.1, 0.15) is 32.0 Å². The highest BCUT2D eigenvalue weighted by atomic mass is 79.9. The molecule has 0 aliphatic heterocycles. The summed E-state index contributed by atoms with van der Waals surface area (Å²) in [6.45, 7) is 8.44. The summed E-state index contributed by atoms with van der Waals surface area (Å²) in [6.07, 6.45) is 0. The number of benzene rings is 1. The normalized spacial score (nSPS) is 11.9. The van der Waals surface area contributed by atoms with E-state index in [1.807, 2.05) is 18.2 Å². The standard InChI is InChI=1S/C14H16BrClN2/c1-9-7-10(15)5-6-11(9)18-13(16)8-12(17-18)14(2,3)4/h5-8H,1-4H3. The van der Waals surface area contributed by atoms with Crippen LogP contribution in [0.2, 0.25) is 5.15 Å². The zero-order chi connectivity index (χ0) is 13.5. The molecule has 0 radical (unpaired) electrons. The monoisotopic (exact) mass is 326 g/mol. The van der Waals surface area contributed by atoms with Gasteiger partial charge in [0, 0.05) is 9.89 Å². The van der Waals surface area contributed by atoms with Crippen LogP contribution in [0.4, 0.5) is 0 Å². The van der Waals surface area contributed by atoms with Gasteiger partial charge in [-0.15, -0.1) is 0 Å². The van der Waals surface area contributed by atoms with Crippen LogP contribution in [0, 0.1) is 6.92 Å². The summed E-state index contributed by atoms with van der Waals surface area (Å²) < 4.78 is 2.85. The highest BCUT2D eigenvalue weighted by Crippen LogP contribution is 2.27. The smallest absolute Gasteiger partial charge is 0.133 e. The van der Waals surface area contributed by atoms with Gasteiger partial charge in [-0.2, -0.15) is 5.10 Å². The van der Waals surface area contributed by atoms with Crippen molar-refractivity contribution in [3.8, 4) is 5.69 Å². The number of rotatable bonds is 1. The molecule has 0 fully saturated rings. The van der Waals surface area contributed by atoms with Crippen molar-refractivity contribution in [1.29, 1.82) is 0 Å². The molecule has 1 heterocycles. The summed E-state index contributed by atoms with van der Waals surface area (Å²) >= 11 is 9.75. The quantitative estimate of drug-likeness (QED) is 0.729. The molecule has 2 nitrogen and oxygen atoms in total. The van der Waals surface area contributed by atoms with Crippen molar-refractivity contribution in [3.63, 3.8) is 0 Å². The van der Waals surface area contributed by atoms with Gasteiger partial charge in [0.05, 0.1) is 11.4 Å². The van der Waals surface area contributed by atoms with E-state index in [4.69, 9.17) is 11.6 Å². The zero-order valence-corrected chi connectivity index (χ0v) is 13.3. The molecule has 1 aromatic heterocycles. The Balaban J connectivity index is 2.55. The van der Waals surface area contributed by atoms with E-state index < -0.39 is 0 Å². The van der Waals surface area contributed by atoms with Gasteiger partial charge in [-0.05, 0) is 36.8 Å². The molecule has 2 rings (SSSR count). The van der Waals surface area contributed by atoms with Crippen molar-refractivity contribution in [3.05, 3.63) is 45.1 Å². The van der Waals surface area contributed by atoms with Crippen molar-refractivity contribution in [2.75, 3.05) is 0 Å². The number of aromatic nitrogens is 2. The molecule has 0 aliphatic carbocycles. The lowest BCUT2D eigenvalue weighted by Gasteiger charge is -2.14. The Kier molecular flexibility index (Phi) is 3.56. The average Bonchev–Trinajstić information content (AvgIpc) is 2.60. The van der Waals surface area contributed by atoms with E-state index in [1.54, 1.807) is 4.68 Å². The van der Waals surface area contributed by atoms with Crippen LogP contribution in [-0.4, -0.2) is 9.78 Å². The Labute approximate surface area is 121 Å². The zero-order valence-electron chi connectivity index (χ0n) is 11.0. The van der Waals surface area contributed by atoms with Crippen LogP contribution in [0.15, 0.2) is 28.7 Å². The third-order valence-electron chi connectivity index (χ3n) is 2.82. The molecular formula is C14H16BrClN2. The van der Waals surface area contributed by atoms with Crippen LogP contribution in [-0.2, 0) is 5.41 Å². The lowest BCUT2D eigenvalue weighted by Crippen LogP contribution is -2.12. The fourth-order valence-corrected chi connectivity index (χ4v) is 2.46. The number of hydrogen-bond acceptors (Lipinski definition) is 1. The van der Waals surface area contributed by atoms with Crippen LogP contribution in [0.3, 0.4) is 0 Å². The summed E-state index contributed by atoms with van der Waals surface area (Å²) in [5.74, 6) is 0. The number of hydrogen-bond donors (Lipinski definition) is 0. The van der Waals surface area contributed by atoms with Crippen LogP contribution < -0.4 is 0 Å². The van der Waals surface area contributed by atoms with E-state index in [1.165, 1.54) is 0 Å². The fraction of sp³-hybridized carbons (Fsp3) is 0.357. The van der Waals surface area contributed by atoms with Crippen molar-refractivity contribution in [1.82, 2.24) is 9.78 Å². The first kappa shape index (κ1) is 13.6. The molecule has 0 atom stereocenters. The van der Waals surface area contributed by atoms with E-state index >= 15 is 0 Å². The second-order valence-corrected chi connectivity index (χ2v) is 6.75. The molecule has 0 saturated heterocycles. The summed E-state index contributed by atoms with van der Waals surface area (Å²) in [5.41, 5.74) is 3.14. The van der Waals surface area contributed by atoms with Crippen molar-refractivity contribution in [2.45, 2.75) is 33.1 Å². The molecule has 1 aromatic carbocycles. The molecular weight excluding hydrogens is 312 g/mol. The maximum atomic E-state index is 6.29. The Hall–Kier alpha value is -0.800. The molecule has 0 unspecified atom stereocenters. The predicted octanol–water partition coefficient (Wildman–Crippen LogP) is 4.89. The van der Waals surface area contributed by atoms with E-state index in [-0.39, 0.29) is 5.41 Å². The fourth-order valence-electron chi connectivity index (χ4n) is 1.75. The topological polar surface area (TPSA) is 17.8 Å². The Morgan fingerprint density at radius 1 is 1.22 bits per heavy atom.